The van der Waals surface area contributed by atoms with Gasteiger partial charge >= 0.3 is 26.2 Å². The van der Waals surface area contributed by atoms with Crippen LogP contribution in [0.3, 0.4) is 0 Å². The van der Waals surface area contributed by atoms with Gasteiger partial charge in [0.05, 0.1) is 0 Å². The molecular formula is C17H25NZr. The minimum absolute atomic E-state index is 0. The molecule has 0 saturated heterocycles. The van der Waals surface area contributed by atoms with E-state index in [0.29, 0.717) is 0 Å². The van der Waals surface area contributed by atoms with Crippen LogP contribution in [0, 0.1) is 12.1 Å². The van der Waals surface area contributed by atoms with Gasteiger partial charge in [-0.25, -0.2) is 24.3 Å². The van der Waals surface area contributed by atoms with Crippen molar-refractivity contribution >= 4 is 0 Å². The molecule has 1 heterocycles. The van der Waals surface area contributed by atoms with E-state index in [9.17, 15) is 0 Å². The summed E-state index contributed by atoms with van der Waals surface area (Å²) in [4.78, 5) is 3.44. The number of hydrogen-bond donors (Lipinski definition) is 1. The Labute approximate surface area is 137 Å². The van der Waals surface area contributed by atoms with Gasteiger partial charge in [0.1, 0.15) is 0 Å². The van der Waals surface area contributed by atoms with Crippen LogP contribution in [0.2, 0.25) is 0 Å². The number of allylic oxidation sites excluding steroid dienone is 4. The zero-order valence-corrected chi connectivity index (χ0v) is 15.5. The van der Waals surface area contributed by atoms with Gasteiger partial charge in [-0.15, -0.1) is 12.1 Å². The van der Waals surface area contributed by atoms with Crippen molar-refractivity contribution in [2.45, 2.75) is 58.8 Å². The number of rotatable bonds is 0. The summed E-state index contributed by atoms with van der Waals surface area (Å²) in [7, 11) is 0. The fourth-order valence-corrected chi connectivity index (χ4v) is 1.50. The van der Waals surface area contributed by atoms with Crippen LogP contribution < -0.4 is 0 Å². The number of H-pyrrole nitrogens is 1. The van der Waals surface area contributed by atoms with Crippen LogP contribution in [0.5, 0.6) is 0 Å². The van der Waals surface area contributed by atoms with E-state index >= 15 is 0 Å². The second kappa shape index (κ2) is 7.43. The van der Waals surface area contributed by atoms with Crippen LogP contribution in [0.25, 0.3) is 0 Å². The monoisotopic (exact) mass is 333 g/mol. The Balaban J connectivity index is 0.000000454. The summed E-state index contributed by atoms with van der Waals surface area (Å²) in [5.74, 6) is 0. The maximum absolute atomic E-state index is 3.44. The van der Waals surface area contributed by atoms with Gasteiger partial charge in [-0.1, -0.05) is 52.7 Å². The van der Waals surface area contributed by atoms with Crippen molar-refractivity contribution in [2.24, 2.45) is 0 Å². The molecule has 19 heavy (non-hydrogen) atoms. The smallest absolute Gasteiger partial charge is 0.454 e. The van der Waals surface area contributed by atoms with Crippen molar-refractivity contribution in [3.8, 4) is 0 Å². The van der Waals surface area contributed by atoms with Crippen molar-refractivity contribution in [1.29, 1.82) is 0 Å². The van der Waals surface area contributed by atoms with Gasteiger partial charge in [-0.2, -0.15) is 6.08 Å². The van der Waals surface area contributed by atoms with E-state index in [-0.39, 0.29) is 37.0 Å². The molecule has 0 aliphatic heterocycles. The van der Waals surface area contributed by atoms with Gasteiger partial charge in [0.25, 0.3) is 0 Å². The number of aromatic nitrogens is 1. The molecule has 0 radical (unpaired) electrons. The molecule has 2 rings (SSSR count). The first-order valence-corrected chi connectivity index (χ1v) is 6.54. The number of nitrogens with one attached hydrogen (secondary N) is 1. The molecule has 0 fully saturated rings. The minimum atomic E-state index is 0. The van der Waals surface area contributed by atoms with Crippen molar-refractivity contribution in [1.82, 2.24) is 4.98 Å². The molecule has 1 nitrogen and oxygen atoms in total. The minimum Gasteiger partial charge on any atom is -0.454 e. The van der Waals surface area contributed by atoms with Crippen molar-refractivity contribution in [2.75, 3.05) is 0 Å². The molecule has 2 heteroatoms. The summed E-state index contributed by atoms with van der Waals surface area (Å²) >= 11 is 0. The molecule has 0 unspecified atom stereocenters. The third kappa shape index (κ3) is 6.57. The summed E-state index contributed by atoms with van der Waals surface area (Å²) in [5.41, 5.74) is 2.82. The Kier molecular flexibility index (Phi) is 7.29. The summed E-state index contributed by atoms with van der Waals surface area (Å²) < 4.78 is 0. The first kappa shape index (κ1) is 18.6. The van der Waals surface area contributed by atoms with Crippen LogP contribution in [0.15, 0.2) is 24.3 Å². The van der Waals surface area contributed by atoms with E-state index in [0.717, 1.165) is 6.42 Å². The Morgan fingerprint density at radius 1 is 1.05 bits per heavy atom. The Hall–Kier alpha value is -0.357. The number of hydrogen-bond acceptors (Lipinski definition) is 0. The van der Waals surface area contributed by atoms with E-state index in [4.69, 9.17) is 0 Å². The molecular weight excluding hydrogens is 309 g/mol. The maximum Gasteiger partial charge on any atom is 2.00 e. The fraction of sp³-hybridized carbons (Fsp3) is 0.529. The fourth-order valence-electron chi connectivity index (χ4n) is 1.50. The number of aromatic amines is 1. The van der Waals surface area contributed by atoms with Gasteiger partial charge in [-0.05, 0) is 5.41 Å². The van der Waals surface area contributed by atoms with Crippen LogP contribution in [0.4, 0.5) is 0 Å². The van der Waals surface area contributed by atoms with Crippen molar-refractivity contribution in [3.63, 3.8) is 0 Å². The molecule has 0 spiro atoms. The average Bonchev–Trinajstić information content (AvgIpc) is 2.91. The zero-order chi connectivity index (χ0) is 13.8. The average molecular weight is 335 g/mol. The van der Waals surface area contributed by atoms with E-state index in [1.807, 2.05) is 12.2 Å². The molecule has 0 atom stereocenters. The van der Waals surface area contributed by atoms with Gasteiger partial charge in [0, 0.05) is 0 Å². The summed E-state index contributed by atoms with van der Waals surface area (Å²) in [5, 5.41) is 0. The normalized spacial score (nSPS) is 13.8. The second-order valence-electron chi connectivity index (χ2n) is 6.71. The summed E-state index contributed by atoms with van der Waals surface area (Å²) in [6.45, 7) is 13.2. The molecule has 0 amide bonds. The molecule has 0 aromatic carbocycles. The quantitative estimate of drug-likeness (QED) is 0.661. The predicted molar refractivity (Wildman–Crippen MR) is 78.6 cm³/mol. The SMILES string of the molecule is CC(C)(C)c1[c-]cc(C(C)(C)C)[nH]1.[C-]1=CC=CC1.[Zr+2]. The van der Waals surface area contributed by atoms with Crippen LogP contribution >= 0.6 is 0 Å². The molecule has 1 N–H and O–H groups in total. The Morgan fingerprint density at radius 3 is 1.89 bits per heavy atom. The van der Waals surface area contributed by atoms with Crippen LogP contribution in [-0.4, -0.2) is 4.98 Å². The van der Waals surface area contributed by atoms with E-state index in [2.05, 4.69) is 70.8 Å². The largest absolute Gasteiger partial charge is 2.00 e. The molecule has 1 aliphatic carbocycles. The van der Waals surface area contributed by atoms with E-state index < -0.39 is 0 Å². The first-order chi connectivity index (χ1) is 8.21. The summed E-state index contributed by atoms with van der Waals surface area (Å²) in [6.07, 6.45) is 10.0. The molecule has 102 valence electrons. The molecule has 0 saturated carbocycles. The molecule has 0 bridgehead atoms. The van der Waals surface area contributed by atoms with E-state index in [1.54, 1.807) is 0 Å². The third-order valence-electron chi connectivity index (χ3n) is 2.76. The van der Waals surface area contributed by atoms with Gasteiger partial charge < -0.3 is 4.98 Å². The van der Waals surface area contributed by atoms with Crippen LogP contribution in [0.1, 0.15) is 59.4 Å². The topological polar surface area (TPSA) is 15.8 Å². The molecule has 1 aliphatic rings. The van der Waals surface area contributed by atoms with Gasteiger partial charge in [-0.3, -0.25) is 6.08 Å². The standard InChI is InChI=1S/C12H20N.C5H5.Zr/c1-11(2,3)9-7-8-10(13-9)12(4,5)6;1-2-4-5-3-1;/h7,13H,1-6H3;1-3H,4H2;/q2*-1;+2. The van der Waals surface area contributed by atoms with Gasteiger partial charge in [0.15, 0.2) is 0 Å². The van der Waals surface area contributed by atoms with Gasteiger partial charge in [0.2, 0.25) is 0 Å². The second-order valence-corrected chi connectivity index (χ2v) is 6.71. The van der Waals surface area contributed by atoms with Crippen molar-refractivity contribution in [3.05, 3.63) is 47.8 Å². The van der Waals surface area contributed by atoms with Crippen molar-refractivity contribution < 1.29 is 26.2 Å². The Bertz CT molecular complexity index is 386. The molecule has 1 aromatic heterocycles. The Morgan fingerprint density at radius 2 is 1.68 bits per heavy atom. The van der Waals surface area contributed by atoms with E-state index in [1.165, 1.54) is 11.4 Å². The molecule has 1 aromatic rings. The third-order valence-corrected chi connectivity index (χ3v) is 2.76. The maximum atomic E-state index is 3.44. The van der Waals surface area contributed by atoms with Crippen LogP contribution in [-0.2, 0) is 37.0 Å². The first-order valence-electron chi connectivity index (χ1n) is 6.54. The predicted octanol–water partition coefficient (Wildman–Crippen LogP) is 4.71. The summed E-state index contributed by atoms with van der Waals surface area (Å²) in [6, 6.07) is 5.37. The zero-order valence-electron chi connectivity index (χ0n) is 13.0.